The Morgan fingerprint density at radius 3 is 1.23 bits per heavy atom. The molecular weight excluding hydrogens is 778 g/mol. The van der Waals surface area contributed by atoms with Crippen molar-refractivity contribution in [1.82, 2.24) is 9.13 Å². The van der Waals surface area contributed by atoms with E-state index in [4.69, 9.17) is 0 Å². The van der Waals surface area contributed by atoms with E-state index in [2.05, 4.69) is 189 Å². The molecule has 4 aliphatic rings. The lowest BCUT2D eigenvalue weighted by atomic mass is 9.30. The number of fused-ring (bicyclic) bond motifs is 14. The van der Waals surface area contributed by atoms with Crippen LogP contribution >= 0.6 is 0 Å². The third kappa shape index (κ3) is 3.98. The predicted octanol–water partition coefficient (Wildman–Crippen LogP) is 8.85. The summed E-state index contributed by atoms with van der Waals surface area (Å²) in [5, 5.41) is 27.0. The molecule has 0 spiro atoms. The maximum absolute atomic E-state index is 11.1. The third-order valence-corrected chi connectivity index (χ3v) is 14.5. The average Bonchev–Trinajstić information content (AvgIpc) is 3.88. The number of hydrogen-bond acceptors (Lipinski definition) is 4. The van der Waals surface area contributed by atoms with Gasteiger partial charge in [0.05, 0.1) is 33.5 Å². The van der Waals surface area contributed by atoms with E-state index in [1.807, 2.05) is 24.3 Å². The molecule has 4 aliphatic heterocycles. The van der Waals surface area contributed by atoms with Gasteiger partial charge in [-0.3, -0.25) is 0 Å². The summed E-state index contributed by atoms with van der Waals surface area (Å²) < 4.78 is 4.87. The highest BCUT2D eigenvalue weighted by atomic mass is 15.2. The first kappa shape index (κ1) is 33.9. The van der Waals surface area contributed by atoms with Gasteiger partial charge in [0, 0.05) is 66.7 Å². The molecule has 290 valence electrons. The average molecular weight is 809 g/mol. The second-order valence-corrected chi connectivity index (χ2v) is 17.4. The van der Waals surface area contributed by atoms with Crippen LogP contribution in [-0.2, 0) is 0 Å². The molecular formula is C56H30B2N6. The number of benzene rings is 9. The molecule has 0 amide bonds. The Labute approximate surface area is 368 Å². The summed E-state index contributed by atoms with van der Waals surface area (Å²) in [6.07, 6.45) is 0. The monoisotopic (exact) mass is 808 g/mol. The number of rotatable bonds is 2. The van der Waals surface area contributed by atoms with Gasteiger partial charge in [0.2, 0.25) is 0 Å². The van der Waals surface area contributed by atoms with Crippen LogP contribution < -0.4 is 42.6 Å². The molecule has 0 saturated carbocycles. The van der Waals surface area contributed by atoms with Crippen molar-refractivity contribution >= 4 is 124 Å². The Morgan fingerprint density at radius 2 is 0.781 bits per heavy atom. The highest BCUT2D eigenvalue weighted by molar-refractivity contribution is 7.03. The van der Waals surface area contributed by atoms with Crippen molar-refractivity contribution in [2.24, 2.45) is 0 Å². The lowest BCUT2D eigenvalue weighted by Gasteiger charge is -2.44. The summed E-state index contributed by atoms with van der Waals surface area (Å²) in [6.45, 7) is -0.359. The molecule has 0 fully saturated rings. The van der Waals surface area contributed by atoms with Crippen molar-refractivity contribution in [2.75, 3.05) is 9.80 Å². The summed E-state index contributed by atoms with van der Waals surface area (Å²) in [5.74, 6) is 0. The van der Waals surface area contributed by atoms with Gasteiger partial charge in [-0.25, -0.2) is 0 Å². The third-order valence-electron chi connectivity index (χ3n) is 14.5. The van der Waals surface area contributed by atoms with E-state index in [0.29, 0.717) is 11.1 Å². The molecule has 9 aromatic carbocycles. The number of aromatic nitrogens is 2. The van der Waals surface area contributed by atoms with Gasteiger partial charge < -0.3 is 18.9 Å². The highest BCUT2D eigenvalue weighted by Crippen LogP contribution is 2.47. The minimum absolute atomic E-state index is 0.179. The normalized spacial score (nSPS) is 13.5. The van der Waals surface area contributed by atoms with Gasteiger partial charge in [-0.05, 0) is 99.5 Å². The number of anilines is 6. The molecule has 0 N–H and O–H groups in total. The summed E-state index contributed by atoms with van der Waals surface area (Å²) >= 11 is 0. The van der Waals surface area contributed by atoms with Gasteiger partial charge in [0.15, 0.2) is 0 Å². The Kier molecular flexibility index (Phi) is 6.37. The fourth-order valence-electron chi connectivity index (χ4n) is 12.2. The van der Waals surface area contributed by atoms with Crippen molar-refractivity contribution in [1.29, 1.82) is 10.5 Å². The summed E-state index contributed by atoms with van der Waals surface area (Å²) in [7, 11) is 0. The molecule has 0 radical (unpaired) electrons. The number of nitrogens with zero attached hydrogens (tertiary/aromatic N) is 6. The summed E-state index contributed by atoms with van der Waals surface area (Å²) in [6, 6.07) is 70.4. The van der Waals surface area contributed by atoms with Gasteiger partial charge in [0.1, 0.15) is 12.1 Å². The summed E-state index contributed by atoms with van der Waals surface area (Å²) in [5.41, 5.74) is 21.0. The van der Waals surface area contributed by atoms with Gasteiger partial charge >= 0.3 is 0 Å². The minimum atomic E-state index is -0.179. The molecule has 11 aromatic rings. The van der Waals surface area contributed by atoms with Crippen molar-refractivity contribution < 1.29 is 0 Å². The largest absolute Gasteiger partial charge is 0.310 e. The van der Waals surface area contributed by atoms with Crippen molar-refractivity contribution in [3.63, 3.8) is 0 Å². The Hall–Kier alpha value is -8.71. The van der Waals surface area contributed by atoms with Crippen LogP contribution in [0.25, 0.3) is 55.0 Å². The summed E-state index contributed by atoms with van der Waals surface area (Å²) in [4.78, 5) is 4.67. The molecule has 15 rings (SSSR count). The molecule has 6 nitrogen and oxygen atoms in total. The van der Waals surface area contributed by atoms with E-state index in [0.717, 1.165) is 67.5 Å². The molecule has 8 heteroatoms. The van der Waals surface area contributed by atoms with Gasteiger partial charge in [0.25, 0.3) is 13.4 Å². The smallest absolute Gasteiger partial charge is 0.252 e. The minimum Gasteiger partial charge on any atom is -0.310 e. The van der Waals surface area contributed by atoms with E-state index >= 15 is 0 Å². The van der Waals surface area contributed by atoms with E-state index in [9.17, 15) is 10.5 Å². The van der Waals surface area contributed by atoms with Crippen LogP contribution in [0, 0.1) is 22.7 Å². The maximum atomic E-state index is 11.1. The number of para-hydroxylation sites is 6. The van der Waals surface area contributed by atoms with Crippen molar-refractivity contribution in [3.8, 4) is 23.5 Å². The van der Waals surface area contributed by atoms with Crippen LogP contribution in [0.2, 0.25) is 0 Å². The van der Waals surface area contributed by atoms with Gasteiger partial charge in [-0.2, -0.15) is 10.5 Å². The number of nitriles is 2. The van der Waals surface area contributed by atoms with Crippen molar-refractivity contribution in [3.05, 3.63) is 193 Å². The van der Waals surface area contributed by atoms with Crippen LogP contribution in [0.1, 0.15) is 11.1 Å². The topological polar surface area (TPSA) is 63.9 Å². The molecule has 64 heavy (non-hydrogen) atoms. The quantitative estimate of drug-likeness (QED) is 0.164. The molecule has 2 aromatic heterocycles. The predicted molar refractivity (Wildman–Crippen MR) is 263 cm³/mol. The van der Waals surface area contributed by atoms with Crippen LogP contribution in [0.15, 0.2) is 182 Å². The number of hydrogen-bond donors (Lipinski definition) is 0. The Balaban J connectivity index is 1.14. The molecule has 0 saturated heterocycles. The lowest BCUT2D eigenvalue weighted by molar-refractivity contribution is 1.17. The van der Waals surface area contributed by atoms with Gasteiger partial charge in [-0.15, -0.1) is 0 Å². The van der Waals surface area contributed by atoms with E-state index in [1.54, 1.807) is 0 Å². The van der Waals surface area contributed by atoms with E-state index in [1.165, 1.54) is 54.4 Å². The zero-order valence-corrected chi connectivity index (χ0v) is 34.2. The van der Waals surface area contributed by atoms with E-state index < -0.39 is 0 Å². The van der Waals surface area contributed by atoms with Gasteiger partial charge in [-0.1, -0.05) is 115 Å². The molecule has 0 aliphatic carbocycles. The van der Waals surface area contributed by atoms with E-state index in [-0.39, 0.29) is 13.4 Å². The SMILES string of the molecule is N#Cc1ccc2c3c1N(c1ccccc1)c1cc4c(cc1B3c1cccc3c5ccccc5n-2c13)B1c2c(ccc(C#N)c2N4c2ccccc2)-n2c3ccccc3c3cccc1c32. The first-order valence-electron chi connectivity index (χ1n) is 21.8. The standard InChI is InChI=1S/C56H30B2N6/c59-31-33-25-27-47-51-53(33)61(35-13-3-1-4-14-35)49-30-50-44(29-43(49)57(51)41-21-11-19-39-37-17-7-9-23-45(37)63(47)55(39)41)58-42-22-12-20-40-38-18-8-10-24-46(38)64(56(40)42)48-28-26-34(32-60)54(52(48)58)62(50)36-15-5-2-6-16-36/h1-30H. The maximum Gasteiger partial charge on any atom is 0.252 e. The van der Waals surface area contributed by atoms with Crippen LogP contribution in [0.3, 0.4) is 0 Å². The molecule has 0 bridgehead atoms. The first-order valence-corrected chi connectivity index (χ1v) is 21.8. The van der Waals surface area contributed by atoms with Crippen LogP contribution in [0.5, 0.6) is 0 Å². The van der Waals surface area contributed by atoms with Crippen LogP contribution in [-0.4, -0.2) is 22.6 Å². The Morgan fingerprint density at radius 1 is 0.359 bits per heavy atom. The fraction of sp³-hybridized carbons (Fsp3) is 0. The Bertz CT molecular complexity index is 3770. The van der Waals surface area contributed by atoms with Crippen molar-refractivity contribution in [2.45, 2.75) is 0 Å². The second-order valence-electron chi connectivity index (χ2n) is 17.4. The first-order chi connectivity index (χ1) is 31.7. The molecule has 6 heterocycles. The molecule has 0 unspecified atom stereocenters. The fourth-order valence-corrected chi connectivity index (χ4v) is 12.2. The van der Waals surface area contributed by atoms with Crippen LogP contribution in [0.4, 0.5) is 34.1 Å². The second kappa shape index (κ2) is 12.0. The highest BCUT2D eigenvalue weighted by Gasteiger charge is 2.48. The zero-order valence-electron chi connectivity index (χ0n) is 34.2. The lowest BCUT2D eigenvalue weighted by Crippen LogP contribution is -2.64. The molecule has 0 atom stereocenters. The zero-order chi connectivity index (χ0) is 41.9.